The van der Waals surface area contributed by atoms with E-state index in [0.717, 1.165) is 75.1 Å². The molecule has 31 heavy (non-hydrogen) atoms. The molecule has 2 heterocycles. The van der Waals surface area contributed by atoms with Crippen LogP contribution < -0.4 is 0 Å². The normalized spacial score (nSPS) is 19.7. The lowest BCUT2D eigenvalue weighted by atomic mass is 10.0. The number of ether oxygens (including phenoxy) is 1. The number of aliphatic hydroxyl groups excluding tert-OH is 1. The molecule has 0 spiro atoms. The second-order valence-corrected chi connectivity index (χ2v) is 8.71. The Bertz CT molecular complexity index is 798. The van der Waals surface area contributed by atoms with Crippen molar-refractivity contribution in [1.29, 1.82) is 0 Å². The minimum Gasteiger partial charge on any atom is -0.393 e. The van der Waals surface area contributed by atoms with Crippen molar-refractivity contribution in [2.75, 3.05) is 26.7 Å². The quantitative estimate of drug-likeness (QED) is 0.353. The number of unbranched alkanes of at least 4 members (excludes halogenated alkanes) is 3. The van der Waals surface area contributed by atoms with Crippen LogP contribution in [0.4, 0.5) is 0 Å². The van der Waals surface area contributed by atoms with Crippen molar-refractivity contribution in [2.45, 2.75) is 70.5 Å². The molecule has 2 unspecified atom stereocenters. The van der Waals surface area contributed by atoms with Gasteiger partial charge in [0, 0.05) is 26.4 Å². The number of quaternary nitrogens is 1. The summed E-state index contributed by atoms with van der Waals surface area (Å²) in [6.07, 6.45) is 7.58. The number of methoxy groups -OCH3 is 1. The molecule has 1 aromatic carbocycles. The summed E-state index contributed by atoms with van der Waals surface area (Å²) in [6, 6.07) is 8.17. The number of amides is 1. The van der Waals surface area contributed by atoms with Gasteiger partial charge in [-0.05, 0) is 36.8 Å². The van der Waals surface area contributed by atoms with Crippen molar-refractivity contribution in [1.82, 2.24) is 20.6 Å². The smallest absolute Gasteiger partial charge is 0.313 e. The van der Waals surface area contributed by atoms with Gasteiger partial charge in [0.1, 0.15) is 0 Å². The summed E-state index contributed by atoms with van der Waals surface area (Å²) in [5, 5.41) is 24.7. The third-order valence-corrected chi connectivity index (χ3v) is 6.30. The number of aliphatic hydroxyl groups is 1. The highest BCUT2D eigenvalue weighted by Crippen LogP contribution is 2.24. The molecule has 1 aliphatic heterocycles. The summed E-state index contributed by atoms with van der Waals surface area (Å²) in [6.45, 7) is 3.11. The van der Waals surface area contributed by atoms with Crippen LogP contribution >= 0.6 is 0 Å². The molecule has 3 rings (SSSR count). The molecule has 1 fully saturated rings. The summed E-state index contributed by atoms with van der Waals surface area (Å²) in [5.74, 6) is 1.11. The third kappa shape index (κ3) is 7.19. The summed E-state index contributed by atoms with van der Waals surface area (Å²) < 4.78 is 5.74. The molecule has 8 heteroatoms. The molecule has 0 bridgehead atoms. The van der Waals surface area contributed by atoms with Crippen molar-refractivity contribution in [3.8, 4) is 0 Å². The zero-order valence-corrected chi connectivity index (χ0v) is 18.6. The van der Waals surface area contributed by atoms with Gasteiger partial charge in [-0.1, -0.05) is 35.9 Å². The van der Waals surface area contributed by atoms with Crippen molar-refractivity contribution in [3.05, 3.63) is 41.2 Å². The molecule has 0 aliphatic carbocycles. The minimum absolute atomic E-state index is 0.348. The van der Waals surface area contributed by atoms with Gasteiger partial charge < -0.3 is 9.84 Å². The fourth-order valence-electron chi connectivity index (χ4n) is 4.60. The summed E-state index contributed by atoms with van der Waals surface area (Å²) >= 11 is 0. The van der Waals surface area contributed by atoms with E-state index in [1.165, 1.54) is 0 Å². The van der Waals surface area contributed by atoms with Gasteiger partial charge in [-0.2, -0.15) is 5.21 Å². The molecule has 170 valence electrons. The summed E-state index contributed by atoms with van der Waals surface area (Å²) in [4.78, 5) is 12.7. The number of rotatable bonds is 14. The van der Waals surface area contributed by atoms with Gasteiger partial charge in [-0.3, -0.25) is 4.48 Å². The van der Waals surface area contributed by atoms with Gasteiger partial charge in [-0.15, -0.1) is 10.2 Å². The highest BCUT2D eigenvalue weighted by atomic mass is 16.5. The average Bonchev–Trinajstić information content (AvgIpc) is 3.40. The highest BCUT2D eigenvalue weighted by Gasteiger charge is 2.40. The first kappa shape index (κ1) is 23.5. The van der Waals surface area contributed by atoms with Crippen molar-refractivity contribution >= 4 is 5.91 Å². The fraction of sp³-hybridized carbons (Fsp3) is 0.652. The Morgan fingerprint density at radius 1 is 1.19 bits per heavy atom. The number of likely N-dealkylation sites (tertiary alicyclic amines) is 1. The SMILES string of the molecule is COCc1cccc(CC(O)CC[N+]2(CCCCCCc3nn[nH]n3)CCCC2=O)c1. The topological polar surface area (TPSA) is 101 Å². The minimum atomic E-state index is -0.434. The Morgan fingerprint density at radius 3 is 2.77 bits per heavy atom. The number of benzene rings is 1. The average molecular weight is 431 g/mol. The maximum Gasteiger partial charge on any atom is 0.313 e. The summed E-state index contributed by atoms with van der Waals surface area (Å²) in [5.41, 5.74) is 2.23. The van der Waals surface area contributed by atoms with E-state index in [9.17, 15) is 9.90 Å². The van der Waals surface area contributed by atoms with E-state index in [-0.39, 0.29) is 0 Å². The van der Waals surface area contributed by atoms with Crippen LogP contribution in [0.25, 0.3) is 0 Å². The molecular weight excluding hydrogens is 394 g/mol. The van der Waals surface area contributed by atoms with E-state index in [4.69, 9.17) is 4.74 Å². The van der Waals surface area contributed by atoms with E-state index in [0.29, 0.717) is 36.3 Å². The van der Waals surface area contributed by atoms with Gasteiger partial charge >= 0.3 is 5.91 Å². The van der Waals surface area contributed by atoms with E-state index in [1.54, 1.807) is 7.11 Å². The summed E-state index contributed by atoms with van der Waals surface area (Å²) in [7, 11) is 1.69. The van der Waals surface area contributed by atoms with Crippen LogP contribution in [-0.4, -0.2) is 69.0 Å². The lowest BCUT2D eigenvalue weighted by Gasteiger charge is -2.32. The third-order valence-electron chi connectivity index (χ3n) is 6.30. The van der Waals surface area contributed by atoms with Gasteiger partial charge in [0.15, 0.2) is 5.82 Å². The first-order chi connectivity index (χ1) is 15.1. The van der Waals surface area contributed by atoms with Gasteiger partial charge in [0.05, 0.1) is 38.8 Å². The number of carbonyl (C=O) groups excluding carboxylic acids is 1. The zero-order chi connectivity index (χ0) is 21.9. The molecule has 2 atom stereocenters. The van der Waals surface area contributed by atoms with Crippen LogP contribution in [-0.2, 0) is 29.0 Å². The van der Waals surface area contributed by atoms with Gasteiger partial charge in [-0.25, -0.2) is 4.79 Å². The van der Waals surface area contributed by atoms with Crippen LogP contribution in [0.3, 0.4) is 0 Å². The lowest BCUT2D eigenvalue weighted by Crippen LogP contribution is -2.51. The Hall–Kier alpha value is -2.16. The number of nitrogens with one attached hydrogen (secondary N) is 1. The second-order valence-electron chi connectivity index (χ2n) is 8.71. The Kier molecular flexibility index (Phi) is 9.12. The standard InChI is InChI=1S/C23H36N5O3/c1-31-18-20-9-6-8-19(16-20)17-21(29)12-15-28(14-7-11-23(28)30)13-5-3-2-4-10-22-24-26-27-25-22/h6,8-9,16,21,29H,2-5,7,10-15,17-18H2,1H3,(H,24,25,26,27)/q+1. The number of aryl methyl sites for hydroxylation is 1. The molecule has 1 amide bonds. The lowest BCUT2D eigenvalue weighted by molar-refractivity contribution is -0.847. The number of nitrogens with zero attached hydrogens (tertiary/aromatic N) is 4. The zero-order valence-electron chi connectivity index (χ0n) is 18.6. The first-order valence-corrected chi connectivity index (χ1v) is 11.5. The highest BCUT2D eigenvalue weighted by molar-refractivity contribution is 5.70. The maximum absolute atomic E-state index is 12.7. The predicted octanol–water partition coefficient (Wildman–Crippen LogP) is 2.58. The molecule has 8 nitrogen and oxygen atoms in total. The molecule has 1 aliphatic rings. The van der Waals surface area contributed by atoms with Crippen LogP contribution in [0, 0.1) is 0 Å². The van der Waals surface area contributed by atoms with Crippen molar-refractivity contribution in [2.24, 2.45) is 0 Å². The van der Waals surface area contributed by atoms with Crippen LogP contribution in [0.5, 0.6) is 0 Å². The molecule has 1 aromatic heterocycles. The van der Waals surface area contributed by atoms with Crippen molar-refractivity contribution in [3.63, 3.8) is 0 Å². The molecule has 1 saturated heterocycles. The number of carbonyl (C=O) groups is 1. The number of tetrazole rings is 1. The number of hydrogen-bond donors (Lipinski definition) is 2. The van der Waals surface area contributed by atoms with Crippen LogP contribution in [0.15, 0.2) is 24.3 Å². The first-order valence-electron chi connectivity index (χ1n) is 11.5. The number of aromatic nitrogens is 4. The van der Waals surface area contributed by atoms with Crippen LogP contribution in [0.2, 0.25) is 0 Å². The van der Waals surface area contributed by atoms with E-state index < -0.39 is 6.10 Å². The van der Waals surface area contributed by atoms with Crippen molar-refractivity contribution < 1.29 is 19.1 Å². The Balaban J connectivity index is 1.42. The van der Waals surface area contributed by atoms with E-state index >= 15 is 0 Å². The molecule has 2 N–H and O–H groups in total. The largest absolute Gasteiger partial charge is 0.393 e. The van der Waals surface area contributed by atoms with E-state index in [2.05, 4.69) is 26.7 Å². The Morgan fingerprint density at radius 2 is 2.03 bits per heavy atom. The van der Waals surface area contributed by atoms with Gasteiger partial charge in [0.2, 0.25) is 0 Å². The number of H-pyrrole nitrogens is 1. The maximum atomic E-state index is 12.7. The molecular formula is C23H36N5O3+. The van der Waals surface area contributed by atoms with Gasteiger partial charge in [0.25, 0.3) is 0 Å². The predicted molar refractivity (Wildman–Crippen MR) is 117 cm³/mol. The molecule has 0 saturated carbocycles. The fourth-order valence-corrected chi connectivity index (χ4v) is 4.60. The Labute approximate surface area is 184 Å². The number of hydrogen-bond acceptors (Lipinski definition) is 6. The number of aromatic amines is 1. The molecule has 2 aromatic rings. The van der Waals surface area contributed by atoms with E-state index in [1.807, 2.05) is 18.2 Å². The second kappa shape index (κ2) is 12.0. The van der Waals surface area contributed by atoms with Crippen LogP contribution in [0.1, 0.15) is 61.9 Å². The molecule has 0 radical (unpaired) electrons. The monoisotopic (exact) mass is 430 g/mol.